The molecule has 2 aromatic heterocycles. The highest BCUT2D eigenvalue weighted by atomic mass is 32.1. The summed E-state index contributed by atoms with van der Waals surface area (Å²) >= 11 is 6.00. The summed E-state index contributed by atoms with van der Waals surface area (Å²) < 4.78 is 8.45. The first-order chi connectivity index (χ1) is 19.4. The van der Waals surface area contributed by atoms with Gasteiger partial charge in [0.25, 0.3) is 0 Å². The van der Waals surface area contributed by atoms with E-state index in [0.717, 1.165) is 28.6 Å². The standard InChI is InChI=1S/C34H32N4OS/c1-22-13-17-28(18-14-22)39-29-19-15-27(16-20-29)38-33(32(36-34(38)40)30-12-8-9-21-35-30)31-23(2)24(3)37(25(31)4)26-10-6-5-7-11-26/h5-21,32-33H,1-4H3,(H,36,40)/t32-,33+/m0/s1. The normalized spacial score (nSPS) is 16.7. The Labute approximate surface area is 241 Å². The van der Waals surface area contributed by atoms with Crippen LogP contribution in [0.25, 0.3) is 5.69 Å². The number of ether oxygens (including phenoxy) is 1. The maximum absolute atomic E-state index is 6.11. The fourth-order valence-corrected chi connectivity index (χ4v) is 6.10. The second-order valence-corrected chi connectivity index (χ2v) is 10.7. The number of aromatic nitrogens is 2. The zero-order chi connectivity index (χ0) is 27.8. The van der Waals surface area contributed by atoms with Gasteiger partial charge in [-0.15, -0.1) is 0 Å². The number of anilines is 1. The Morgan fingerprint density at radius 3 is 2.02 bits per heavy atom. The molecule has 40 heavy (non-hydrogen) atoms. The van der Waals surface area contributed by atoms with Crippen LogP contribution in [0.4, 0.5) is 5.69 Å². The van der Waals surface area contributed by atoms with Crippen LogP contribution >= 0.6 is 12.2 Å². The Kier molecular flexibility index (Phi) is 6.86. The van der Waals surface area contributed by atoms with Gasteiger partial charge in [-0.05, 0) is 106 Å². The average molecular weight is 545 g/mol. The van der Waals surface area contributed by atoms with Gasteiger partial charge in [0.1, 0.15) is 11.5 Å². The molecular formula is C34H32N4OS. The van der Waals surface area contributed by atoms with Crippen molar-refractivity contribution in [3.05, 3.63) is 137 Å². The van der Waals surface area contributed by atoms with Gasteiger partial charge >= 0.3 is 0 Å². The van der Waals surface area contributed by atoms with Crippen LogP contribution in [0.5, 0.6) is 11.5 Å². The van der Waals surface area contributed by atoms with Crippen molar-refractivity contribution in [1.82, 2.24) is 14.9 Å². The fraction of sp³-hybridized carbons (Fsp3) is 0.176. The van der Waals surface area contributed by atoms with E-state index in [1.54, 1.807) is 0 Å². The SMILES string of the molecule is Cc1ccc(Oc2ccc(N3C(=S)N[C@@H](c4ccccn4)[C@H]3c3c(C)c(C)n(-c4ccccc4)c3C)cc2)cc1. The number of pyridine rings is 1. The predicted molar refractivity (Wildman–Crippen MR) is 166 cm³/mol. The van der Waals surface area contributed by atoms with E-state index in [2.05, 4.69) is 103 Å². The van der Waals surface area contributed by atoms with E-state index in [0.29, 0.717) is 5.11 Å². The number of thiocarbonyl (C=S) groups is 1. The molecular weight excluding hydrogens is 512 g/mol. The molecule has 0 spiro atoms. The summed E-state index contributed by atoms with van der Waals surface area (Å²) in [5, 5.41) is 4.28. The van der Waals surface area contributed by atoms with Crippen molar-refractivity contribution >= 4 is 23.0 Å². The minimum absolute atomic E-state index is 0.0880. The number of hydrogen-bond donors (Lipinski definition) is 1. The molecule has 0 aliphatic carbocycles. The Bertz CT molecular complexity index is 1650. The molecule has 0 unspecified atom stereocenters. The number of rotatable bonds is 6. The number of benzene rings is 3. The largest absolute Gasteiger partial charge is 0.457 e. The van der Waals surface area contributed by atoms with Crippen LogP contribution in [0.15, 0.2) is 103 Å². The van der Waals surface area contributed by atoms with Crippen molar-refractivity contribution in [2.75, 3.05) is 4.90 Å². The van der Waals surface area contributed by atoms with Gasteiger partial charge in [-0.3, -0.25) is 4.98 Å². The van der Waals surface area contributed by atoms with Crippen molar-refractivity contribution < 1.29 is 4.74 Å². The van der Waals surface area contributed by atoms with Crippen LogP contribution in [0.2, 0.25) is 0 Å². The molecule has 0 saturated carbocycles. The summed E-state index contributed by atoms with van der Waals surface area (Å²) in [4.78, 5) is 6.97. The second-order valence-electron chi connectivity index (χ2n) is 10.3. The van der Waals surface area contributed by atoms with Gasteiger partial charge in [0, 0.05) is 34.5 Å². The molecule has 1 saturated heterocycles. The van der Waals surface area contributed by atoms with Gasteiger partial charge < -0.3 is 19.5 Å². The molecule has 2 atom stereocenters. The van der Waals surface area contributed by atoms with E-state index < -0.39 is 0 Å². The van der Waals surface area contributed by atoms with Crippen LogP contribution in [-0.4, -0.2) is 14.7 Å². The lowest BCUT2D eigenvalue weighted by atomic mass is 9.93. The monoisotopic (exact) mass is 544 g/mol. The van der Waals surface area contributed by atoms with Gasteiger partial charge in [0.15, 0.2) is 5.11 Å². The number of aryl methyl sites for hydroxylation is 1. The molecule has 1 aliphatic heterocycles. The molecule has 1 N–H and O–H groups in total. The molecule has 5 aromatic rings. The maximum atomic E-state index is 6.11. The van der Waals surface area contributed by atoms with Crippen LogP contribution < -0.4 is 15.0 Å². The van der Waals surface area contributed by atoms with Crippen molar-refractivity contribution in [2.24, 2.45) is 0 Å². The van der Waals surface area contributed by atoms with Gasteiger partial charge in [-0.2, -0.15) is 0 Å². The zero-order valence-electron chi connectivity index (χ0n) is 23.1. The van der Waals surface area contributed by atoms with Gasteiger partial charge in [0.05, 0.1) is 17.8 Å². The van der Waals surface area contributed by atoms with E-state index in [-0.39, 0.29) is 12.1 Å². The molecule has 0 amide bonds. The van der Waals surface area contributed by atoms with E-state index in [1.807, 2.05) is 42.6 Å². The number of hydrogen-bond acceptors (Lipinski definition) is 3. The molecule has 1 fully saturated rings. The molecule has 5 nitrogen and oxygen atoms in total. The first kappa shape index (κ1) is 25.8. The van der Waals surface area contributed by atoms with Crippen LogP contribution in [0, 0.1) is 27.7 Å². The van der Waals surface area contributed by atoms with Crippen molar-refractivity contribution in [3.8, 4) is 17.2 Å². The topological polar surface area (TPSA) is 42.3 Å². The fourth-order valence-electron chi connectivity index (χ4n) is 5.75. The third kappa shape index (κ3) is 4.65. The van der Waals surface area contributed by atoms with Crippen molar-refractivity contribution in [3.63, 3.8) is 0 Å². The second kappa shape index (κ2) is 10.6. The highest BCUT2D eigenvalue weighted by molar-refractivity contribution is 7.80. The Balaban J connectivity index is 1.43. The number of para-hydroxylation sites is 1. The third-order valence-corrected chi connectivity index (χ3v) is 8.10. The Hall–Kier alpha value is -4.42. The molecule has 6 heteroatoms. The lowest BCUT2D eigenvalue weighted by molar-refractivity contribution is 0.482. The predicted octanol–water partition coefficient (Wildman–Crippen LogP) is 8.08. The first-order valence-corrected chi connectivity index (χ1v) is 13.9. The number of nitrogens with zero attached hydrogens (tertiary/aromatic N) is 3. The van der Waals surface area contributed by atoms with Crippen LogP contribution in [-0.2, 0) is 0 Å². The van der Waals surface area contributed by atoms with Crippen LogP contribution in [0.3, 0.4) is 0 Å². The van der Waals surface area contributed by atoms with E-state index >= 15 is 0 Å². The molecule has 3 heterocycles. The van der Waals surface area contributed by atoms with E-state index in [1.165, 1.54) is 28.1 Å². The first-order valence-electron chi connectivity index (χ1n) is 13.5. The molecule has 1 aliphatic rings. The van der Waals surface area contributed by atoms with Crippen molar-refractivity contribution in [1.29, 1.82) is 0 Å². The van der Waals surface area contributed by atoms with Crippen molar-refractivity contribution in [2.45, 2.75) is 39.8 Å². The summed E-state index contributed by atoms with van der Waals surface area (Å²) in [6.07, 6.45) is 1.84. The highest BCUT2D eigenvalue weighted by Crippen LogP contribution is 2.45. The summed E-state index contributed by atoms with van der Waals surface area (Å²) in [7, 11) is 0. The Morgan fingerprint density at radius 1 is 0.725 bits per heavy atom. The van der Waals surface area contributed by atoms with E-state index in [9.17, 15) is 0 Å². The molecule has 3 aromatic carbocycles. The lowest BCUT2D eigenvalue weighted by Crippen LogP contribution is -2.29. The smallest absolute Gasteiger partial charge is 0.174 e. The highest BCUT2D eigenvalue weighted by Gasteiger charge is 2.43. The molecule has 6 rings (SSSR count). The summed E-state index contributed by atoms with van der Waals surface area (Å²) in [6, 6.07) is 32.6. The minimum Gasteiger partial charge on any atom is -0.457 e. The van der Waals surface area contributed by atoms with Crippen LogP contribution in [0.1, 0.15) is 45.9 Å². The summed E-state index contributed by atoms with van der Waals surface area (Å²) in [5.41, 5.74) is 9.24. The maximum Gasteiger partial charge on any atom is 0.174 e. The Morgan fingerprint density at radius 2 is 1.38 bits per heavy atom. The summed E-state index contributed by atoms with van der Waals surface area (Å²) in [5.74, 6) is 1.59. The van der Waals surface area contributed by atoms with Gasteiger partial charge in [-0.25, -0.2) is 0 Å². The molecule has 200 valence electrons. The molecule has 0 radical (unpaired) electrons. The average Bonchev–Trinajstić information content (AvgIpc) is 3.42. The van der Waals surface area contributed by atoms with Gasteiger partial charge in [0.2, 0.25) is 0 Å². The lowest BCUT2D eigenvalue weighted by Gasteiger charge is -2.29. The van der Waals surface area contributed by atoms with E-state index in [4.69, 9.17) is 21.9 Å². The number of nitrogens with one attached hydrogen (secondary N) is 1. The quantitative estimate of drug-likeness (QED) is 0.219. The summed E-state index contributed by atoms with van der Waals surface area (Å²) in [6.45, 7) is 8.68. The minimum atomic E-state index is -0.111. The third-order valence-electron chi connectivity index (χ3n) is 7.79. The van der Waals surface area contributed by atoms with Gasteiger partial charge in [-0.1, -0.05) is 42.0 Å². The zero-order valence-corrected chi connectivity index (χ0v) is 23.9. The molecule has 0 bridgehead atoms.